The number of aliphatic hydroxyl groups excluding tert-OH is 1. The lowest BCUT2D eigenvalue weighted by molar-refractivity contribution is 0.0722. The maximum atomic E-state index is 12.7. The molecule has 112 valence electrons. The third-order valence-corrected chi connectivity index (χ3v) is 3.17. The van der Waals surface area contributed by atoms with Crippen molar-refractivity contribution in [3.63, 3.8) is 0 Å². The van der Waals surface area contributed by atoms with Crippen molar-refractivity contribution in [2.75, 3.05) is 19.7 Å². The Kier molecular flexibility index (Phi) is 5.24. The molecule has 0 fully saturated rings. The van der Waals surface area contributed by atoms with Crippen molar-refractivity contribution in [2.24, 2.45) is 0 Å². The van der Waals surface area contributed by atoms with Crippen LogP contribution in [0, 0.1) is 0 Å². The molecule has 8 heteroatoms. The fraction of sp³-hybridized carbons (Fsp3) is 0.385. The molecule has 0 saturated carbocycles. The van der Waals surface area contributed by atoms with Crippen LogP contribution in [0.3, 0.4) is 0 Å². The van der Waals surface area contributed by atoms with Gasteiger partial charge in [0.2, 0.25) is 0 Å². The highest BCUT2D eigenvalue weighted by Gasteiger charge is 2.20. The number of carbonyl (C=O) groups excluding carboxylic acids is 1. The van der Waals surface area contributed by atoms with Crippen molar-refractivity contribution in [1.82, 2.24) is 25.1 Å². The molecule has 0 aliphatic heterocycles. The number of rotatable bonds is 6. The summed E-state index contributed by atoms with van der Waals surface area (Å²) in [5.41, 5.74) is 0.949. The number of carbonyl (C=O) groups is 1. The Morgan fingerprint density at radius 3 is 2.86 bits per heavy atom. The zero-order chi connectivity index (χ0) is 15.2. The summed E-state index contributed by atoms with van der Waals surface area (Å²) < 4.78 is 1.41. The van der Waals surface area contributed by atoms with E-state index in [0.717, 1.165) is 6.42 Å². The van der Waals surface area contributed by atoms with Crippen LogP contribution >= 0.6 is 11.6 Å². The van der Waals surface area contributed by atoms with Crippen LogP contribution < -0.4 is 0 Å². The van der Waals surface area contributed by atoms with Crippen molar-refractivity contribution in [1.29, 1.82) is 0 Å². The minimum absolute atomic E-state index is 0.0908. The summed E-state index contributed by atoms with van der Waals surface area (Å²) in [5.74, 6) is -0.209. The second kappa shape index (κ2) is 7.14. The second-order valence-corrected chi connectivity index (χ2v) is 4.87. The van der Waals surface area contributed by atoms with Gasteiger partial charge in [-0.15, -0.1) is 5.10 Å². The molecule has 7 nitrogen and oxygen atoms in total. The van der Waals surface area contributed by atoms with E-state index in [0.29, 0.717) is 22.8 Å². The highest BCUT2D eigenvalue weighted by Crippen LogP contribution is 2.20. The lowest BCUT2D eigenvalue weighted by Crippen LogP contribution is -2.34. The molecule has 1 aromatic carbocycles. The second-order valence-electron chi connectivity index (χ2n) is 4.43. The first-order valence-electron chi connectivity index (χ1n) is 6.60. The normalized spacial score (nSPS) is 10.6. The Bertz CT molecular complexity index is 597. The van der Waals surface area contributed by atoms with Crippen LogP contribution in [0.25, 0.3) is 5.69 Å². The van der Waals surface area contributed by atoms with Crippen LogP contribution in [0.2, 0.25) is 5.02 Å². The third kappa shape index (κ3) is 3.56. The van der Waals surface area contributed by atoms with Crippen LogP contribution in [0.15, 0.2) is 24.5 Å². The quantitative estimate of drug-likeness (QED) is 0.865. The molecule has 1 N–H and O–H groups in total. The summed E-state index contributed by atoms with van der Waals surface area (Å²) >= 11 is 6.00. The minimum Gasteiger partial charge on any atom is -0.395 e. The van der Waals surface area contributed by atoms with E-state index in [-0.39, 0.29) is 19.1 Å². The number of hydrogen-bond donors (Lipinski definition) is 1. The van der Waals surface area contributed by atoms with Crippen LogP contribution in [-0.4, -0.2) is 55.8 Å². The molecular weight excluding hydrogens is 294 g/mol. The average Bonchev–Trinajstić information content (AvgIpc) is 3.00. The van der Waals surface area contributed by atoms with Crippen molar-refractivity contribution in [3.05, 3.63) is 35.1 Å². The van der Waals surface area contributed by atoms with Crippen LogP contribution in [0.5, 0.6) is 0 Å². The van der Waals surface area contributed by atoms with Gasteiger partial charge in [-0.05, 0) is 35.0 Å². The van der Waals surface area contributed by atoms with Gasteiger partial charge in [0.15, 0.2) is 0 Å². The zero-order valence-corrected chi connectivity index (χ0v) is 12.4. The monoisotopic (exact) mass is 309 g/mol. The van der Waals surface area contributed by atoms with Crippen molar-refractivity contribution >= 4 is 17.5 Å². The fourth-order valence-electron chi connectivity index (χ4n) is 2.03. The van der Waals surface area contributed by atoms with Gasteiger partial charge in [-0.2, -0.15) is 4.68 Å². The number of halogens is 1. The van der Waals surface area contributed by atoms with Crippen molar-refractivity contribution in [3.8, 4) is 5.69 Å². The number of nitrogens with zero attached hydrogens (tertiary/aromatic N) is 5. The molecule has 1 aromatic heterocycles. The van der Waals surface area contributed by atoms with Crippen LogP contribution in [-0.2, 0) is 0 Å². The Morgan fingerprint density at radius 2 is 2.24 bits per heavy atom. The molecule has 0 saturated heterocycles. The largest absolute Gasteiger partial charge is 0.395 e. The molecule has 0 unspecified atom stereocenters. The van der Waals surface area contributed by atoms with Gasteiger partial charge in [-0.1, -0.05) is 18.5 Å². The molecule has 0 bridgehead atoms. The number of benzene rings is 1. The van der Waals surface area contributed by atoms with Crippen LogP contribution in [0.4, 0.5) is 0 Å². The predicted molar refractivity (Wildman–Crippen MR) is 77.4 cm³/mol. The predicted octanol–water partition coefficient (Wildman–Crippen LogP) is 1.16. The molecule has 1 heterocycles. The van der Waals surface area contributed by atoms with Gasteiger partial charge in [-0.25, -0.2) is 0 Å². The molecule has 0 aliphatic rings. The van der Waals surface area contributed by atoms with Gasteiger partial charge in [0, 0.05) is 18.1 Å². The highest BCUT2D eigenvalue weighted by molar-refractivity contribution is 6.31. The van der Waals surface area contributed by atoms with Gasteiger partial charge in [0.1, 0.15) is 6.33 Å². The Labute approximate surface area is 127 Å². The van der Waals surface area contributed by atoms with E-state index in [2.05, 4.69) is 15.5 Å². The summed E-state index contributed by atoms with van der Waals surface area (Å²) in [4.78, 5) is 14.3. The summed E-state index contributed by atoms with van der Waals surface area (Å²) in [6.45, 7) is 2.71. The van der Waals surface area contributed by atoms with Crippen molar-refractivity contribution in [2.45, 2.75) is 13.3 Å². The van der Waals surface area contributed by atoms with Gasteiger partial charge in [0.25, 0.3) is 5.91 Å². The Balaban J connectivity index is 2.41. The first-order chi connectivity index (χ1) is 10.2. The number of hydrogen-bond acceptors (Lipinski definition) is 5. The summed E-state index contributed by atoms with van der Waals surface area (Å²) in [6.07, 6.45) is 2.21. The molecular formula is C13H16ClN5O2. The average molecular weight is 310 g/mol. The lowest BCUT2D eigenvalue weighted by atomic mass is 10.1. The summed E-state index contributed by atoms with van der Waals surface area (Å²) in [7, 11) is 0. The first kappa shape index (κ1) is 15.4. The van der Waals surface area contributed by atoms with Gasteiger partial charge < -0.3 is 10.0 Å². The van der Waals surface area contributed by atoms with E-state index in [4.69, 9.17) is 16.7 Å². The molecule has 21 heavy (non-hydrogen) atoms. The number of amides is 1. The maximum Gasteiger partial charge on any atom is 0.256 e. The van der Waals surface area contributed by atoms with Gasteiger partial charge >= 0.3 is 0 Å². The van der Waals surface area contributed by atoms with E-state index >= 15 is 0 Å². The first-order valence-corrected chi connectivity index (χ1v) is 6.98. The summed E-state index contributed by atoms with van der Waals surface area (Å²) in [6, 6.07) is 4.95. The van der Waals surface area contributed by atoms with E-state index < -0.39 is 0 Å². The number of aromatic nitrogens is 4. The van der Waals surface area contributed by atoms with Crippen molar-refractivity contribution < 1.29 is 9.90 Å². The topological polar surface area (TPSA) is 84.1 Å². The van der Waals surface area contributed by atoms with E-state index in [9.17, 15) is 4.79 Å². The Morgan fingerprint density at radius 1 is 1.43 bits per heavy atom. The SMILES string of the molecule is CCCN(CCO)C(=O)c1cc(Cl)ccc1-n1cnnn1. The molecule has 1 amide bonds. The minimum atomic E-state index is -0.209. The standard InChI is InChI=1S/C13H16ClN5O2/c1-2-5-18(6-7-20)13(21)11-8-10(14)3-4-12(11)19-9-15-16-17-19/h3-4,8-9,20H,2,5-7H2,1H3. The van der Waals surface area contributed by atoms with E-state index in [1.807, 2.05) is 6.92 Å². The smallest absolute Gasteiger partial charge is 0.256 e. The summed E-state index contributed by atoms with van der Waals surface area (Å²) in [5, 5.41) is 20.5. The molecule has 0 spiro atoms. The van der Waals surface area contributed by atoms with E-state index in [1.54, 1.807) is 23.1 Å². The molecule has 2 rings (SSSR count). The molecule has 0 radical (unpaired) electrons. The molecule has 0 aliphatic carbocycles. The highest BCUT2D eigenvalue weighted by atomic mass is 35.5. The van der Waals surface area contributed by atoms with Crippen LogP contribution in [0.1, 0.15) is 23.7 Å². The van der Waals surface area contributed by atoms with Gasteiger partial charge in [-0.3, -0.25) is 4.79 Å². The lowest BCUT2D eigenvalue weighted by Gasteiger charge is -2.22. The fourth-order valence-corrected chi connectivity index (χ4v) is 2.20. The molecule has 2 aromatic rings. The third-order valence-electron chi connectivity index (χ3n) is 2.94. The number of tetrazole rings is 1. The maximum absolute atomic E-state index is 12.7. The van der Waals surface area contributed by atoms with E-state index in [1.165, 1.54) is 11.0 Å². The molecule has 0 atom stereocenters. The number of aliphatic hydroxyl groups is 1. The van der Waals surface area contributed by atoms with Gasteiger partial charge in [0.05, 0.1) is 17.9 Å². The zero-order valence-electron chi connectivity index (χ0n) is 11.6. The Hall–Kier alpha value is -1.99.